The Labute approximate surface area is 110 Å². The smallest absolute Gasteiger partial charge is 0.0406 e. The highest BCUT2D eigenvalue weighted by molar-refractivity contribution is 6.30. The van der Waals surface area contributed by atoms with E-state index in [4.69, 9.17) is 11.6 Å². The Hall–Kier alpha value is -0.530. The average molecular weight is 252 g/mol. The second-order valence-corrected chi connectivity index (χ2v) is 5.81. The van der Waals surface area contributed by atoms with Gasteiger partial charge in [-0.1, -0.05) is 43.0 Å². The van der Waals surface area contributed by atoms with E-state index in [-0.39, 0.29) is 0 Å². The molecule has 1 aromatic rings. The maximum Gasteiger partial charge on any atom is 0.0406 e. The van der Waals surface area contributed by atoms with Crippen molar-refractivity contribution in [1.29, 1.82) is 0 Å². The zero-order valence-electron chi connectivity index (χ0n) is 10.7. The Balaban J connectivity index is 1.82. The van der Waals surface area contributed by atoms with Gasteiger partial charge in [-0.15, -0.1) is 0 Å². The number of benzene rings is 1. The molecule has 1 saturated carbocycles. The van der Waals surface area contributed by atoms with Crippen LogP contribution in [0.5, 0.6) is 0 Å². The van der Waals surface area contributed by atoms with Gasteiger partial charge in [-0.2, -0.15) is 0 Å². The molecule has 2 atom stereocenters. The van der Waals surface area contributed by atoms with Gasteiger partial charge in [-0.25, -0.2) is 0 Å². The third-order valence-electron chi connectivity index (χ3n) is 3.82. The fraction of sp³-hybridized carbons (Fsp3) is 0.600. The summed E-state index contributed by atoms with van der Waals surface area (Å²) in [4.78, 5) is 0. The Morgan fingerprint density at radius 3 is 2.41 bits per heavy atom. The van der Waals surface area contributed by atoms with Gasteiger partial charge in [0.25, 0.3) is 0 Å². The molecule has 0 aliphatic heterocycles. The molecule has 1 aliphatic rings. The first-order chi connectivity index (χ1) is 8.15. The summed E-state index contributed by atoms with van der Waals surface area (Å²) in [7, 11) is 0. The largest absolute Gasteiger partial charge is 0.308 e. The molecule has 1 nitrogen and oxygen atoms in total. The predicted molar refractivity (Wildman–Crippen MR) is 74.4 cm³/mol. The van der Waals surface area contributed by atoms with Gasteiger partial charge < -0.3 is 5.32 Å². The van der Waals surface area contributed by atoms with Crippen molar-refractivity contribution in [2.24, 2.45) is 5.92 Å². The van der Waals surface area contributed by atoms with E-state index in [0.29, 0.717) is 12.1 Å². The normalized spacial score (nSPS) is 19.7. The average Bonchev–Trinajstić information content (AvgIpc) is 2.24. The second kappa shape index (κ2) is 5.88. The Bertz CT molecular complexity index is 342. The zero-order chi connectivity index (χ0) is 12.3. The highest BCUT2D eigenvalue weighted by Crippen LogP contribution is 2.30. The fourth-order valence-corrected chi connectivity index (χ4v) is 2.70. The first-order valence-electron chi connectivity index (χ1n) is 6.66. The molecule has 1 aliphatic carbocycles. The minimum Gasteiger partial charge on any atom is -0.308 e. The van der Waals surface area contributed by atoms with Gasteiger partial charge in [-0.05, 0) is 43.9 Å². The highest BCUT2D eigenvalue weighted by Gasteiger charge is 2.20. The maximum atomic E-state index is 5.90. The van der Waals surface area contributed by atoms with Gasteiger partial charge in [0.05, 0.1) is 0 Å². The van der Waals surface area contributed by atoms with E-state index >= 15 is 0 Å². The third-order valence-corrected chi connectivity index (χ3v) is 4.07. The Morgan fingerprint density at radius 1 is 1.24 bits per heavy atom. The first kappa shape index (κ1) is 12.9. The van der Waals surface area contributed by atoms with E-state index in [0.717, 1.165) is 10.9 Å². The topological polar surface area (TPSA) is 12.0 Å². The van der Waals surface area contributed by atoms with E-state index in [1.807, 2.05) is 12.1 Å². The van der Waals surface area contributed by atoms with E-state index in [1.165, 1.54) is 31.2 Å². The van der Waals surface area contributed by atoms with Crippen LogP contribution in [0.3, 0.4) is 0 Å². The SMILES string of the molecule is CC(CC1CCC1)N[C@@H](C)c1ccc(Cl)cc1. The van der Waals surface area contributed by atoms with Crippen LogP contribution in [0.4, 0.5) is 0 Å². The van der Waals surface area contributed by atoms with Crippen molar-refractivity contribution in [2.45, 2.75) is 51.6 Å². The van der Waals surface area contributed by atoms with E-state index in [1.54, 1.807) is 0 Å². The summed E-state index contributed by atoms with van der Waals surface area (Å²) < 4.78 is 0. The molecule has 17 heavy (non-hydrogen) atoms. The van der Waals surface area contributed by atoms with Crippen molar-refractivity contribution in [2.75, 3.05) is 0 Å². The van der Waals surface area contributed by atoms with Gasteiger partial charge >= 0.3 is 0 Å². The number of hydrogen-bond donors (Lipinski definition) is 1. The summed E-state index contributed by atoms with van der Waals surface area (Å²) in [6, 6.07) is 9.15. The summed E-state index contributed by atoms with van der Waals surface area (Å²) in [5.74, 6) is 0.968. The molecule has 94 valence electrons. The van der Waals surface area contributed by atoms with E-state index in [2.05, 4.69) is 31.3 Å². The molecule has 0 saturated heterocycles. The van der Waals surface area contributed by atoms with Crippen molar-refractivity contribution in [3.05, 3.63) is 34.9 Å². The molecule has 2 heteroatoms. The van der Waals surface area contributed by atoms with Crippen LogP contribution < -0.4 is 5.32 Å². The lowest BCUT2D eigenvalue weighted by molar-refractivity contribution is 0.259. The van der Waals surface area contributed by atoms with Crippen LogP contribution in [-0.4, -0.2) is 6.04 Å². The molecule has 1 N–H and O–H groups in total. The van der Waals surface area contributed by atoms with Gasteiger partial charge in [0.1, 0.15) is 0 Å². The second-order valence-electron chi connectivity index (χ2n) is 5.37. The van der Waals surface area contributed by atoms with Crippen LogP contribution in [-0.2, 0) is 0 Å². The number of hydrogen-bond acceptors (Lipinski definition) is 1. The Morgan fingerprint density at radius 2 is 1.88 bits per heavy atom. The minimum atomic E-state index is 0.405. The maximum absolute atomic E-state index is 5.90. The number of nitrogens with one attached hydrogen (secondary N) is 1. The molecular weight excluding hydrogens is 230 g/mol. The standard InChI is InChI=1S/C15H22ClN/c1-11(10-13-4-3-5-13)17-12(2)14-6-8-15(16)9-7-14/h6-9,11-13,17H,3-5,10H2,1-2H3/t11?,12-/m0/s1. The van der Waals surface area contributed by atoms with Crippen molar-refractivity contribution in [1.82, 2.24) is 5.32 Å². The molecule has 0 amide bonds. The summed E-state index contributed by atoms with van der Waals surface area (Å²) in [5.41, 5.74) is 1.31. The molecule has 0 aromatic heterocycles. The van der Waals surface area contributed by atoms with E-state index in [9.17, 15) is 0 Å². The summed E-state index contributed by atoms with van der Waals surface area (Å²) in [6.45, 7) is 4.52. The molecule has 0 heterocycles. The monoisotopic (exact) mass is 251 g/mol. The van der Waals surface area contributed by atoms with Crippen LogP contribution in [0.1, 0.15) is 51.1 Å². The van der Waals surface area contributed by atoms with Gasteiger partial charge in [0.2, 0.25) is 0 Å². The molecular formula is C15H22ClN. The van der Waals surface area contributed by atoms with Crippen molar-refractivity contribution < 1.29 is 0 Å². The predicted octanol–water partition coefficient (Wildman–Crippen LogP) is 4.57. The van der Waals surface area contributed by atoms with Crippen molar-refractivity contribution in [3.63, 3.8) is 0 Å². The molecule has 0 spiro atoms. The lowest BCUT2D eigenvalue weighted by Gasteiger charge is -2.30. The molecule has 1 unspecified atom stereocenters. The minimum absolute atomic E-state index is 0.405. The summed E-state index contributed by atoms with van der Waals surface area (Å²) in [5, 5.41) is 4.48. The van der Waals surface area contributed by atoms with Crippen molar-refractivity contribution in [3.8, 4) is 0 Å². The van der Waals surface area contributed by atoms with Gasteiger partial charge in [0, 0.05) is 17.1 Å². The lowest BCUT2D eigenvalue weighted by atomic mass is 9.81. The van der Waals surface area contributed by atoms with Crippen LogP contribution in [0.15, 0.2) is 24.3 Å². The molecule has 0 radical (unpaired) electrons. The van der Waals surface area contributed by atoms with Crippen LogP contribution in [0.25, 0.3) is 0 Å². The highest BCUT2D eigenvalue weighted by atomic mass is 35.5. The zero-order valence-corrected chi connectivity index (χ0v) is 11.5. The Kier molecular flexibility index (Phi) is 4.47. The molecule has 1 fully saturated rings. The number of halogens is 1. The molecule has 1 aromatic carbocycles. The van der Waals surface area contributed by atoms with Crippen LogP contribution >= 0.6 is 11.6 Å². The quantitative estimate of drug-likeness (QED) is 0.808. The van der Waals surface area contributed by atoms with Crippen LogP contribution in [0, 0.1) is 5.92 Å². The first-order valence-corrected chi connectivity index (χ1v) is 7.04. The van der Waals surface area contributed by atoms with E-state index < -0.39 is 0 Å². The fourth-order valence-electron chi connectivity index (χ4n) is 2.57. The molecule has 0 bridgehead atoms. The van der Waals surface area contributed by atoms with Gasteiger partial charge in [-0.3, -0.25) is 0 Å². The van der Waals surface area contributed by atoms with Gasteiger partial charge in [0.15, 0.2) is 0 Å². The van der Waals surface area contributed by atoms with Crippen LogP contribution in [0.2, 0.25) is 5.02 Å². The van der Waals surface area contributed by atoms with Crippen molar-refractivity contribution >= 4 is 11.6 Å². The third kappa shape index (κ3) is 3.72. The summed E-state index contributed by atoms with van der Waals surface area (Å²) in [6.07, 6.45) is 5.62. The lowest BCUT2D eigenvalue weighted by Crippen LogP contribution is -2.32. The molecule has 2 rings (SSSR count). The number of rotatable bonds is 5. The summed E-state index contributed by atoms with van der Waals surface area (Å²) >= 11 is 5.90.